The van der Waals surface area contributed by atoms with Crippen molar-refractivity contribution in [1.29, 1.82) is 0 Å². The minimum absolute atomic E-state index is 0.134. The topological polar surface area (TPSA) is 115 Å². The summed E-state index contributed by atoms with van der Waals surface area (Å²) in [7, 11) is 0. The van der Waals surface area contributed by atoms with Crippen LogP contribution in [0.1, 0.15) is 11.3 Å². The lowest BCUT2D eigenvalue weighted by molar-refractivity contribution is -0.122. The van der Waals surface area contributed by atoms with E-state index < -0.39 is 29.6 Å². The van der Waals surface area contributed by atoms with Gasteiger partial charge in [-0.1, -0.05) is 17.7 Å². The van der Waals surface area contributed by atoms with Crippen molar-refractivity contribution < 1.29 is 14.0 Å². The summed E-state index contributed by atoms with van der Waals surface area (Å²) >= 11 is 1.15. The Morgan fingerprint density at radius 1 is 1.00 bits per heavy atom. The van der Waals surface area contributed by atoms with E-state index in [2.05, 4.69) is 10.6 Å². The highest BCUT2D eigenvalue weighted by molar-refractivity contribution is 7.17. The Kier molecular flexibility index (Phi) is 6.04. The molecule has 0 aliphatic carbocycles. The predicted octanol–water partition coefficient (Wildman–Crippen LogP) is 2.08. The van der Waals surface area contributed by atoms with Crippen LogP contribution in [0.4, 0.5) is 5.69 Å². The maximum absolute atomic E-state index is 13.1. The van der Waals surface area contributed by atoms with Gasteiger partial charge in [-0.2, -0.15) is 0 Å². The zero-order valence-electron chi connectivity index (χ0n) is 17.2. The van der Waals surface area contributed by atoms with Gasteiger partial charge in [0.05, 0.1) is 18.3 Å². The highest BCUT2D eigenvalue weighted by atomic mass is 32.1. The van der Waals surface area contributed by atoms with Crippen LogP contribution in [0, 0.1) is 6.92 Å². The van der Waals surface area contributed by atoms with Crippen molar-refractivity contribution in [1.82, 2.24) is 14.5 Å². The number of hydrogen-bond donors (Lipinski definition) is 2. The van der Waals surface area contributed by atoms with Crippen molar-refractivity contribution in [3.05, 3.63) is 86.3 Å². The number of aromatic nitrogens is 2. The van der Waals surface area contributed by atoms with Gasteiger partial charge in [0.15, 0.2) is 0 Å². The number of aryl methyl sites for hydroxylation is 1. The first-order valence-corrected chi connectivity index (χ1v) is 10.7. The summed E-state index contributed by atoms with van der Waals surface area (Å²) in [6, 6.07) is 12.3. The SMILES string of the molecule is Cc1ccc(NC(=O)Cn2c(=O)n(CC(=O)NCc3ccco3)c(=O)c3sccc32)cc1. The highest BCUT2D eigenvalue weighted by Gasteiger charge is 2.18. The molecule has 0 saturated carbocycles. The van der Waals surface area contributed by atoms with Crippen LogP contribution in [0.5, 0.6) is 0 Å². The Bertz CT molecular complexity index is 1380. The second-order valence-electron chi connectivity index (χ2n) is 7.17. The molecule has 0 saturated heterocycles. The standard InChI is InChI=1S/C22H20N4O5S/c1-14-4-6-15(7-5-14)24-19(28)13-25-17-8-10-32-20(17)21(29)26(22(25)30)12-18(27)23-11-16-3-2-9-31-16/h2-10H,11-13H2,1H3,(H,23,27)(H,24,28). The van der Waals surface area contributed by atoms with Gasteiger partial charge in [0.25, 0.3) is 5.56 Å². The van der Waals surface area contributed by atoms with Gasteiger partial charge < -0.3 is 15.1 Å². The second kappa shape index (κ2) is 9.06. The van der Waals surface area contributed by atoms with Crippen molar-refractivity contribution in [2.45, 2.75) is 26.6 Å². The van der Waals surface area contributed by atoms with Crippen LogP contribution < -0.4 is 21.9 Å². The fraction of sp³-hybridized carbons (Fsp3) is 0.182. The average molecular weight is 452 g/mol. The summed E-state index contributed by atoms with van der Waals surface area (Å²) in [6.45, 7) is 1.31. The molecule has 3 heterocycles. The monoisotopic (exact) mass is 452 g/mol. The highest BCUT2D eigenvalue weighted by Crippen LogP contribution is 2.15. The number of carbonyl (C=O) groups is 2. The molecule has 2 N–H and O–H groups in total. The molecule has 0 spiro atoms. The third-order valence-electron chi connectivity index (χ3n) is 4.82. The number of hydrogen-bond acceptors (Lipinski definition) is 6. The van der Waals surface area contributed by atoms with Crippen LogP contribution in [0.2, 0.25) is 0 Å². The van der Waals surface area contributed by atoms with Gasteiger partial charge in [0.2, 0.25) is 11.8 Å². The van der Waals surface area contributed by atoms with Crippen LogP contribution in [-0.2, 0) is 29.2 Å². The van der Waals surface area contributed by atoms with Gasteiger partial charge in [0.1, 0.15) is 23.5 Å². The molecule has 3 aromatic heterocycles. The molecule has 10 heteroatoms. The largest absolute Gasteiger partial charge is 0.467 e. The quantitative estimate of drug-likeness (QED) is 0.446. The van der Waals surface area contributed by atoms with E-state index in [4.69, 9.17) is 4.42 Å². The summed E-state index contributed by atoms with van der Waals surface area (Å²) in [5.41, 5.74) is 0.713. The molecule has 4 aromatic rings. The molecule has 0 aliphatic heterocycles. The Morgan fingerprint density at radius 3 is 2.47 bits per heavy atom. The Hall–Kier alpha value is -3.92. The number of anilines is 1. The Labute approximate surface area is 185 Å². The predicted molar refractivity (Wildman–Crippen MR) is 121 cm³/mol. The summed E-state index contributed by atoms with van der Waals surface area (Å²) in [4.78, 5) is 50.8. The number of amides is 2. The maximum Gasteiger partial charge on any atom is 0.332 e. The number of rotatable bonds is 7. The lowest BCUT2D eigenvalue weighted by Crippen LogP contribution is -2.44. The molecule has 2 amide bonds. The van der Waals surface area contributed by atoms with Gasteiger partial charge in [-0.05, 0) is 42.6 Å². The molecule has 9 nitrogen and oxygen atoms in total. The number of nitrogens with zero attached hydrogens (tertiary/aromatic N) is 2. The van der Waals surface area contributed by atoms with Crippen molar-refractivity contribution in [2.75, 3.05) is 5.32 Å². The summed E-state index contributed by atoms with van der Waals surface area (Å²) in [5.74, 6) is -0.396. The van der Waals surface area contributed by atoms with Crippen molar-refractivity contribution in [3.63, 3.8) is 0 Å². The normalized spacial score (nSPS) is 10.9. The van der Waals surface area contributed by atoms with E-state index in [9.17, 15) is 19.2 Å². The summed E-state index contributed by atoms with van der Waals surface area (Å²) in [6.07, 6.45) is 1.48. The molecule has 0 aliphatic rings. The number of furan rings is 1. The van der Waals surface area contributed by atoms with E-state index in [1.165, 1.54) is 10.8 Å². The summed E-state index contributed by atoms with van der Waals surface area (Å²) in [5, 5.41) is 7.02. The van der Waals surface area contributed by atoms with Gasteiger partial charge in [-0.3, -0.25) is 19.0 Å². The molecule has 0 bridgehead atoms. The van der Waals surface area contributed by atoms with Gasteiger partial charge in [-0.25, -0.2) is 9.36 Å². The zero-order chi connectivity index (χ0) is 22.7. The third kappa shape index (κ3) is 4.54. The lowest BCUT2D eigenvalue weighted by atomic mass is 10.2. The molecule has 0 atom stereocenters. The Balaban J connectivity index is 1.58. The van der Waals surface area contributed by atoms with E-state index in [0.717, 1.165) is 21.5 Å². The van der Waals surface area contributed by atoms with Crippen molar-refractivity contribution >= 4 is 39.1 Å². The van der Waals surface area contributed by atoms with E-state index in [1.54, 1.807) is 35.7 Å². The molecule has 4 rings (SSSR count). The molecule has 1 aromatic carbocycles. The number of nitrogens with one attached hydrogen (secondary N) is 2. The molecule has 0 unspecified atom stereocenters. The molecule has 0 fully saturated rings. The van der Waals surface area contributed by atoms with Crippen LogP contribution in [0.25, 0.3) is 10.2 Å². The first kappa shape index (κ1) is 21.3. The fourth-order valence-corrected chi connectivity index (χ4v) is 4.05. The minimum Gasteiger partial charge on any atom is -0.467 e. The van der Waals surface area contributed by atoms with E-state index in [0.29, 0.717) is 21.7 Å². The molecule has 32 heavy (non-hydrogen) atoms. The van der Waals surface area contributed by atoms with Crippen LogP contribution >= 0.6 is 11.3 Å². The van der Waals surface area contributed by atoms with Crippen LogP contribution in [0.15, 0.2) is 68.1 Å². The van der Waals surface area contributed by atoms with Crippen LogP contribution in [0.3, 0.4) is 0 Å². The lowest BCUT2D eigenvalue weighted by Gasteiger charge is -2.12. The van der Waals surface area contributed by atoms with Crippen molar-refractivity contribution in [2.24, 2.45) is 0 Å². The Morgan fingerprint density at radius 2 is 1.75 bits per heavy atom. The molecular formula is C22H20N4O5S. The maximum atomic E-state index is 13.1. The number of benzene rings is 1. The zero-order valence-corrected chi connectivity index (χ0v) is 18.0. The smallest absolute Gasteiger partial charge is 0.332 e. The molecule has 164 valence electrons. The molecule has 0 radical (unpaired) electrons. The molecular weight excluding hydrogens is 432 g/mol. The average Bonchev–Trinajstić information content (AvgIpc) is 3.46. The van der Waals surface area contributed by atoms with E-state index in [1.807, 2.05) is 19.1 Å². The van der Waals surface area contributed by atoms with E-state index >= 15 is 0 Å². The van der Waals surface area contributed by atoms with Gasteiger partial charge in [0, 0.05) is 5.69 Å². The van der Waals surface area contributed by atoms with Crippen molar-refractivity contribution in [3.8, 4) is 0 Å². The third-order valence-corrected chi connectivity index (χ3v) is 5.71. The first-order chi connectivity index (χ1) is 15.4. The first-order valence-electron chi connectivity index (χ1n) is 9.79. The minimum atomic E-state index is -0.729. The fourth-order valence-electron chi connectivity index (χ4n) is 3.20. The number of fused-ring (bicyclic) bond motifs is 1. The number of thiophene rings is 1. The second-order valence-corrected chi connectivity index (χ2v) is 8.08. The van der Waals surface area contributed by atoms with Gasteiger partial charge in [-0.15, -0.1) is 11.3 Å². The van der Waals surface area contributed by atoms with Crippen LogP contribution in [-0.4, -0.2) is 20.9 Å². The van der Waals surface area contributed by atoms with Gasteiger partial charge >= 0.3 is 5.69 Å². The number of carbonyl (C=O) groups excluding carboxylic acids is 2. The van der Waals surface area contributed by atoms with E-state index in [-0.39, 0.29) is 13.1 Å². The summed E-state index contributed by atoms with van der Waals surface area (Å²) < 4.78 is 7.50.